The molecule has 1 unspecified atom stereocenters. The van der Waals surface area contributed by atoms with E-state index in [9.17, 15) is 14.4 Å². The molecule has 0 amide bonds. The maximum Gasteiger partial charge on any atom is 0.306 e. The fourth-order valence-electron chi connectivity index (χ4n) is 7.22. The maximum atomic E-state index is 12.8. The van der Waals surface area contributed by atoms with Crippen LogP contribution in [0.2, 0.25) is 0 Å². The molecule has 0 aromatic heterocycles. The van der Waals surface area contributed by atoms with Gasteiger partial charge in [0.2, 0.25) is 0 Å². The summed E-state index contributed by atoms with van der Waals surface area (Å²) in [6.07, 6.45) is 73.8. The molecular formula is C61H100O6. The highest BCUT2D eigenvalue weighted by atomic mass is 16.6. The van der Waals surface area contributed by atoms with Crippen molar-refractivity contribution in [3.63, 3.8) is 0 Å². The normalized spacial score (nSPS) is 12.9. The summed E-state index contributed by atoms with van der Waals surface area (Å²) < 4.78 is 16.7. The van der Waals surface area contributed by atoms with E-state index >= 15 is 0 Å². The third-order valence-electron chi connectivity index (χ3n) is 11.3. The highest BCUT2D eigenvalue weighted by Gasteiger charge is 2.19. The first-order chi connectivity index (χ1) is 33.0. The molecule has 1 atom stereocenters. The quantitative estimate of drug-likeness (QED) is 0.0262. The van der Waals surface area contributed by atoms with E-state index in [1.54, 1.807) is 0 Å². The minimum atomic E-state index is -0.789. The molecule has 0 aliphatic carbocycles. The Labute approximate surface area is 412 Å². The Hall–Kier alpha value is -3.93. The van der Waals surface area contributed by atoms with Gasteiger partial charge in [-0.1, -0.05) is 226 Å². The van der Waals surface area contributed by atoms with E-state index in [0.29, 0.717) is 19.3 Å². The van der Waals surface area contributed by atoms with Crippen LogP contribution in [0.25, 0.3) is 0 Å². The summed E-state index contributed by atoms with van der Waals surface area (Å²) in [5.41, 5.74) is 0. The molecule has 0 bridgehead atoms. The van der Waals surface area contributed by atoms with Crippen LogP contribution in [0.15, 0.2) is 109 Å². The lowest BCUT2D eigenvalue weighted by molar-refractivity contribution is -0.167. The first kappa shape index (κ1) is 63.1. The zero-order valence-corrected chi connectivity index (χ0v) is 43.4. The molecule has 0 fully saturated rings. The molecule has 67 heavy (non-hydrogen) atoms. The second-order valence-electron chi connectivity index (χ2n) is 17.7. The number of esters is 3. The van der Waals surface area contributed by atoms with Gasteiger partial charge in [0.05, 0.1) is 0 Å². The SMILES string of the molecule is CC/C=C\C/C=C\C/C=C\C/C=C\C/C=C\C/C=C\CCCCCCCCCCC(=O)OCC(COC(=O)CCCCCCCCC)OC(=O)CCCCCCC/C=C\C/C=C\C/C=C\CC. The Kier molecular flexibility index (Phi) is 51.5. The minimum absolute atomic E-state index is 0.0883. The minimum Gasteiger partial charge on any atom is -0.462 e. The highest BCUT2D eigenvalue weighted by Crippen LogP contribution is 2.14. The molecule has 0 saturated heterocycles. The standard InChI is InChI=1S/C61H100O6/c1-4-7-10-13-16-18-20-22-24-25-26-27-28-29-30-31-32-33-34-35-37-38-40-42-45-48-51-54-60(63)66-57-58(56-65-59(62)53-50-47-44-15-12-9-6-3)67-61(64)55-52-49-46-43-41-39-36-23-21-19-17-14-11-8-5-2/h7-8,10-11,16-19,22-24,26-27,29-30,32-33,36,58H,4-6,9,12-15,20-21,25,28,31,34-35,37-57H2,1-3H3/b10-7-,11-8-,18-16-,19-17-,24-22-,27-26-,30-29-,33-32-,36-23-. The number of carbonyl (C=O) groups excluding carboxylic acids is 3. The van der Waals surface area contributed by atoms with Gasteiger partial charge in [0.25, 0.3) is 0 Å². The van der Waals surface area contributed by atoms with Crippen molar-refractivity contribution in [2.75, 3.05) is 13.2 Å². The molecule has 0 aromatic rings. The molecule has 380 valence electrons. The molecule has 0 spiro atoms. The lowest BCUT2D eigenvalue weighted by atomic mass is 10.1. The van der Waals surface area contributed by atoms with Crippen molar-refractivity contribution in [2.45, 2.75) is 245 Å². The fourth-order valence-corrected chi connectivity index (χ4v) is 7.22. The van der Waals surface area contributed by atoms with Crippen LogP contribution in [0.5, 0.6) is 0 Å². The van der Waals surface area contributed by atoms with Gasteiger partial charge in [0, 0.05) is 19.3 Å². The van der Waals surface area contributed by atoms with Crippen molar-refractivity contribution >= 4 is 17.9 Å². The molecule has 0 N–H and O–H groups in total. The zero-order valence-electron chi connectivity index (χ0n) is 43.4. The molecule has 0 aliphatic rings. The molecule has 0 saturated carbocycles. The van der Waals surface area contributed by atoms with Crippen molar-refractivity contribution in [3.8, 4) is 0 Å². The van der Waals surface area contributed by atoms with Gasteiger partial charge in [-0.25, -0.2) is 0 Å². The molecule has 0 heterocycles. The van der Waals surface area contributed by atoms with E-state index in [-0.39, 0.29) is 31.1 Å². The monoisotopic (exact) mass is 929 g/mol. The number of hydrogen-bond acceptors (Lipinski definition) is 6. The average Bonchev–Trinajstić information content (AvgIpc) is 3.33. The summed E-state index contributed by atoms with van der Waals surface area (Å²) in [7, 11) is 0. The van der Waals surface area contributed by atoms with Gasteiger partial charge >= 0.3 is 17.9 Å². The van der Waals surface area contributed by atoms with Crippen LogP contribution < -0.4 is 0 Å². The van der Waals surface area contributed by atoms with Crippen molar-refractivity contribution in [1.82, 2.24) is 0 Å². The summed E-state index contributed by atoms with van der Waals surface area (Å²) in [4.78, 5) is 37.9. The van der Waals surface area contributed by atoms with Crippen molar-refractivity contribution in [2.24, 2.45) is 0 Å². The summed E-state index contributed by atoms with van der Waals surface area (Å²) >= 11 is 0. The van der Waals surface area contributed by atoms with Gasteiger partial charge in [-0.15, -0.1) is 0 Å². The van der Waals surface area contributed by atoms with Gasteiger partial charge in [-0.3, -0.25) is 14.4 Å². The summed E-state index contributed by atoms with van der Waals surface area (Å²) in [6.45, 7) is 6.34. The zero-order chi connectivity index (χ0) is 48.6. The van der Waals surface area contributed by atoms with Gasteiger partial charge in [0.15, 0.2) is 6.10 Å². The number of unbranched alkanes of at least 4 members (excludes halogenated alkanes) is 19. The van der Waals surface area contributed by atoms with Crippen molar-refractivity contribution < 1.29 is 28.6 Å². The van der Waals surface area contributed by atoms with Crippen LogP contribution in [0.4, 0.5) is 0 Å². The molecule has 6 heteroatoms. The number of ether oxygens (including phenoxy) is 3. The summed E-state index contributed by atoms with van der Waals surface area (Å²) in [5.74, 6) is -0.924. The van der Waals surface area contributed by atoms with E-state index in [4.69, 9.17) is 14.2 Å². The highest BCUT2D eigenvalue weighted by molar-refractivity contribution is 5.71. The van der Waals surface area contributed by atoms with Gasteiger partial charge < -0.3 is 14.2 Å². The Morgan fingerprint density at radius 1 is 0.313 bits per heavy atom. The van der Waals surface area contributed by atoms with Crippen LogP contribution in [0.3, 0.4) is 0 Å². The van der Waals surface area contributed by atoms with Crippen molar-refractivity contribution in [1.29, 1.82) is 0 Å². The predicted octanol–water partition coefficient (Wildman–Crippen LogP) is 18.3. The van der Waals surface area contributed by atoms with Crippen LogP contribution in [-0.2, 0) is 28.6 Å². The molecule has 0 radical (unpaired) electrons. The van der Waals surface area contributed by atoms with Crippen LogP contribution in [0.1, 0.15) is 239 Å². The van der Waals surface area contributed by atoms with Gasteiger partial charge in [-0.05, 0) is 103 Å². The number of carbonyl (C=O) groups is 3. The predicted molar refractivity (Wildman–Crippen MR) is 288 cm³/mol. The fraction of sp³-hybridized carbons (Fsp3) is 0.656. The maximum absolute atomic E-state index is 12.8. The Bertz CT molecular complexity index is 1390. The summed E-state index contributed by atoms with van der Waals surface area (Å²) in [5, 5.41) is 0. The number of allylic oxidation sites excluding steroid dienone is 18. The van der Waals surface area contributed by atoms with Crippen molar-refractivity contribution in [3.05, 3.63) is 109 Å². The second-order valence-corrected chi connectivity index (χ2v) is 17.7. The first-order valence-corrected chi connectivity index (χ1v) is 27.4. The summed E-state index contributed by atoms with van der Waals surface area (Å²) in [6, 6.07) is 0. The average molecular weight is 929 g/mol. The molecule has 0 rings (SSSR count). The van der Waals surface area contributed by atoms with Crippen LogP contribution >= 0.6 is 0 Å². The molecular weight excluding hydrogens is 829 g/mol. The third-order valence-corrected chi connectivity index (χ3v) is 11.3. The first-order valence-electron chi connectivity index (χ1n) is 27.4. The lowest BCUT2D eigenvalue weighted by Crippen LogP contribution is -2.30. The van der Waals surface area contributed by atoms with E-state index in [1.165, 1.54) is 57.8 Å². The number of hydrogen-bond donors (Lipinski definition) is 0. The van der Waals surface area contributed by atoms with Gasteiger partial charge in [0.1, 0.15) is 13.2 Å². The molecule has 0 aromatic carbocycles. The Morgan fingerprint density at radius 3 is 0.910 bits per heavy atom. The lowest BCUT2D eigenvalue weighted by Gasteiger charge is -2.18. The number of rotatable bonds is 48. The van der Waals surface area contributed by atoms with Gasteiger partial charge in [-0.2, -0.15) is 0 Å². The largest absolute Gasteiger partial charge is 0.462 e. The van der Waals surface area contributed by atoms with Crippen LogP contribution in [-0.4, -0.2) is 37.2 Å². The Balaban J connectivity index is 4.22. The van der Waals surface area contributed by atoms with E-state index in [2.05, 4.69) is 130 Å². The third kappa shape index (κ3) is 52.9. The van der Waals surface area contributed by atoms with E-state index in [0.717, 1.165) is 141 Å². The van der Waals surface area contributed by atoms with E-state index < -0.39 is 6.10 Å². The topological polar surface area (TPSA) is 78.9 Å². The Morgan fingerprint density at radius 2 is 0.582 bits per heavy atom. The second kappa shape index (κ2) is 54.7. The van der Waals surface area contributed by atoms with E-state index in [1.807, 2.05) is 0 Å². The smallest absolute Gasteiger partial charge is 0.306 e. The van der Waals surface area contributed by atoms with Crippen LogP contribution in [0, 0.1) is 0 Å². The molecule has 6 nitrogen and oxygen atoms in total. The molecule has 0 aliphatic heterocycles.